The van der Waals surface area contributed by atoms with Crippen molar-refractivity contribution < 1.29 is 55.5 Å². The first kappa shape index (κ1) is 43.7. The van der Waals surface area contributed by atoms with E-state index < -0.39 is 80.9 Å². The Morgan fingerprint density at radius 2 is 1.68 bits per heavy atom. The van der Waals surface area contributed by atoms with E-state index in [-0.39, 0.29) is 70.9 Å². The number of H-pyrrole nitrogens is 1. The first-order valence-electron chi connectivity index (χ1n) is 19.8. The van der Waals surface area contributed by atoms with Crippen LogP contribution in [0.2, 0.25) is 0 Å². The lowest BCUT2D eigenvalue weighted by molar-refractivity contribution is -0.136. The summed E-state index contributed by atoms with van der Waals surface area (Å²) in [4.78, 5) is 97.1. The zero-order chi connectivity index (χ0) is 45.0. The third kappa shape index (κ3) is 9.30. The van der Waals surface area contributed by atoms with Gasteiger partial charge in [0, 0.05) is 54.0 Å². The number of anilines is 1. The van der Waals surface area contributed by atoms with E-state index in [2.05, 4.69) is 30.6 Å². The van der Waals surface area contributed by atoms with Gasteiger partial charge in [0.1, 0.15) is 23.3 Å². The van der Waals surface area contributed by atoms with Crippen LogP contribution in [0.3, 0.4) is 0 Å². The molecule has 1 atom stereocenters. The number of ether oxygens (including phenoxy) is 1. The smallest absolute Gasteiger partial charge is 0.266 e. The molecule has 20 heteroatoms. The highest BCUT2D eigenvalue weighted by Gasteiger charge is 2.46. The van der Waals surface area contributed by atoms with Crippen molar-refractivity contribution in [3.05, 3.63) is 113 Å². The second-order valence-electron chi connectivity index (χ2n) is 14.7. The summed E-state index contributed by atoms with van der Waals surface area (Å²) in [5, 5.41) is 7.90. The Hall–Kier alpha value is -7.35. The minimum atomic E-state index is -3.93. The molecule has 4 heterocycles. The Bertz CT molecular complexity index is 2810. The number of unbranched alkanes of at least 4 members (excludes halogenated alkanes) is 1. The first-order chi connectivity index (χ1) is 30.2. The number of rotatable bonds is 17. The van der Waals surface area contributed by atoms with Crippen LogP contribution < -0.4 is 25.4 Å². The highest BCUT2D eigenvalue weighted by molar-refractivity contribution is 7.92. The number of aromatic amines is 1. The van der Waals surface area contributed by atoms with E-state index in [1.165, 1.54) is 30.6 Å². The van der Waals surface area contributed by atoms with E-state index in [1.807, 2.05) is 0 Å². The Labute approximate surface area is 358 Å². The normalized spacial score (nSPS) is 15.0. The summed E-state index contributed by atoms with van der Waals surface area (Å²) in [6, 6.07) is 13.0. The van der Waals surface area contributed by atoms with E-state index >= 15 is 4.39 Å². The molecule has 2 aromatic heterocycles. The maximum Gasteiger partial charge on any atom is 0.266 e. The molecule has 2 aliphatic rings. The van der Waals surface area contributed by atoms with Crippen LogP contribution in [0.5, 0.6) is 5.75 Å². The van der Waals surface area contributed by atoms with E-state index in [0.29, 0.717) is 36.1 Å². The third-order valence-electron chi connectivity index (χ3n) is 10.3. The maximum atomic E-state index is 15.4. The number of carbonyl (C=O) groups excluding carboxylic acids is 7. The first-order valence-corrected chi connectivity index (χ1v) is 21.5. The minimum Gasteiger partial charge on any atom is -0.483 e. The van der Waals surface area contributed by atoms with Gasteiger partial charge in [0.25, 0.3) is 23.6 Å². The fourth-order valence-electron chi connectivity index (χ4n) is 7.20. The molecule has 0 bridgehead atoms. The number of fused-ring (bicyclic) bond motifs is 2. The number of aromatic nitrogens is 2. The van der Waals surface area contributed by atoms with Crippen LogP contribution in [0.25, 0.3) is 22.2 Å². The molecule has 0 saturated carbocycles. The highest BCUT2D eigenvalue weighted by atomic mass is 32.2. The number of halogens is 2. The number of pyridine rings is 1. The maximum absolute atomic E-state index is 15.4. The fraction of sp³-hybridized carbons (Fsp3) is 0.256. The van der Waals surface area contributed by atoms with Gasteiger partial charge in [-0.05, 0) is 73.7 Å². The predicted octanol–water partition coefficient (Wildman–Crippen LogP) is 4.00. The summed E-state index contributed by atoms with van der Waals surface area (Å²) in [6.45, 7) is 1.71. The van der Waals surface area contributed by atoms with Gasteiger partial charge in [0.05, 0.1) is 28.1 Å². The number of sulfonamides is 1. The van der Waals surface area contributed by atoms with Crippen molar-refractivity contribution in [2.45, 2.75) is 45.1 Å². The molecule has 6 amide bonds. The third-order valence-corrected chi connectivity index (χ3v) is 11.8. The van der Waals surface area contributed by atoms with Crippen LogP contribution >= 0.6 is 0 Å². The quantitative estimate of drug-likeness (QED) is 0.0508. The lowest BCUT2D eigenvalue weighted by Gasteiger charge is -2.27. The van der Waals surface area contributed by atoms with Crippen molar-refractivity contribution in [1.82, 2.24) is 30.8 Å². The Morgan fingerprint density at radius 3 is 2.41 bits per heavy atom. The van der Waals surface area contributed by atoms with Crippen LogP contribution in [0.1, 0.15) is 86.0 Å². The number of benzene rings is 3. The Kier molecular flexibility index (Phi) is 12.7. The second kappa shape index (κ2) is 18.3. The summed E-state index contributed by atoms with van der Waals surface area (Å²) in [5.41, 5.74) is 0.139. The molecule has 17 nitrogen and oxygen atoms in total. The fourth-order valence-corrected chi connectivity index (χ4v) is 8.34. The lowest BCUT2D eigenvalue weighted by Crippen LogP contribution is -2.54. The van der Waals surface area contributed by atoms with Gasteiger partial charge in [0.2, 0.25) is 27.6 Å². The monoisotopic (exact) mass is 883 g/mol. The van der Waals surface area contributed by atoms with Crippen molar-refractivity contribution in [3.63, 3.8) is 0 Å². The summed E-state index contributed by atoms with van der Waals surface area (Å²) < 4.78 is 62.5. The number of ketones is 1. The average Bonchev–Trinajstić information content (AvgIpc) is 3.79. The van der Waals surface area contributed by atoms with Gasteiger partial charge in [-0.2, -0.15) is 0 Å². The van der Waals surface area contributed by atoms with Crippen LogP contribution in [0.4, 0.5) is 14.5 Å². The summed E-state index contributed by atoms with van der Waals surface area (Å²) in [6.07, 6.45) is 4.03. The Morgan fingerprint density at radius 1 is 0.937 bits per heavy atom. The second-order valence-corrected chi connectivity index (χ2v) is 16.5. The lowest BCUT2D eigenvalue weighted by atomic mass is 9.99. The molecule has 0 radical (unpaired) electrons. The molecule has 1 unspecified atom stereocenters. The van der Waals surface area contributed by atoms with Crippen molar-refractivity contribution >= 4 is 68.0 Å². The van der Waals surface area contributed by atoms with Gasteiger partial charge in [-0.1, -0.05) is 25.1 Å². The molecule has 7 rings (SSSR count). The van der Waals surface area contributed by atoms with Crippen LogP contribution in [0, 0.1) is 11.6 Å². The molecule has 5 N–H and O–H groups in total. The molecule has 0 aliphatic carbocycles. The largest absolute Gasteiger partial charge is 0.483 e. The number of hydrogen-bond donors (Lipinski definition) is 5. The number of piperidine rings is 1. The van der Waals surface area contributed by atoms with E-state index in [1.54, 1.807) is 37.3 Å². The molecular formula is C43H39F2N7O10S. The van der Waals surface area contributed by atoms with Crippen LogP contribution in [-0.4, -0.2) is 96.0 Å². The molecule has 63 heavy (non-hydrogen) atoms. The molecule has 326 valence electrons. The topological polar surface area (TPSA) is 243 Å². The molecule has 0 spiro atoms. The highest BCUT2D eigenvalue weighted by Crippen LogP contribution is 2.34. The van der Waals surface area contributed by atoms with E-state index in [9.17, 15) is 46.4 Å². The van der Waals surface area contributed by atoms with Crippen molar-refractivity contribution in [1.29, 1.82) is 0 Å². The van der Waals surface area contributed by atoms with Gasteiger partial charge in [-0.15, -0.1) is 0 Å². The van der Waals surface area contributed by atoms with Gasteiger partial charge in [0.15, 0.2) is 12.4 Å². The molecule has 1 fully saturated rings. The standard InChI is InChI=1S/C43H39F2N7O10S/c1-2-18-63(60,61)51-30-13-12-29(44)36(37(30)45)38(55)28-21-49-39-27(28)19-25(20-48-39)23-8-10-24(11-9-23)40(56)47-17-4-3-16-46-34(54)22-62-32-7-5-6-26-35(32)43(59)52(42(26)58)31-14-15-33(53)50-41(31)57/h5-13,19-21,31,51H,2-4,14-18,22H2,1H3,(H,46,54)(H,47,56)(H,48,49)(H,50,53,57). The zero-order valence-electron chi connectivity index (χ0n) is 33.5. The van der Waals surface area contributed by atoms with E-state index in [0.717, 1.165) is 17.0 Å². The molecule has 5 aromatic rings. The number of nitrogens with one attached hydrogen (secondary N) is 5. The van der Waals surface area contributed by atoms with Crippen molar-refractivity contribution in [3.8, 4) is 16.9 Å². The number of nitrogens with zero attached hydrogens (tertiary/aromatic N) is 2. The van der Waals surface area contributed by atoms with Gasteiger partial charge in [-0.25, -0.2) is 22.2 Å². The van der Waals surface area contributed by atoms with Crippen LogP contribution in [-0.2, 0) is 24.4 Å². The number of imide groups is 2. The number of hydrogen-bond acceptors (Lipinski definition) is 11. The van der Waals surface area contributed by atoms with Crippen molar-refractivity contribution in [2.24, 2.45) is 0 Å². The van der Waals surface area contributed by atoms with Gasteiger partial charge < -0.3 is 20.4 Å². The van der Waals surface area contributed by atoms with E-state index in [4.69, 9.17) is 4.74 Å². The minimum absolute atomic E-state index is 0.00102. The predicted molar refractivity (Wildman–Crippen MR) is 222 cm³/mol. The van der Waals surface area contributed by atoms with Crippen molar-refractivity contribution in [2.75, 3.05) is 30.2 Å². The summed E-state index contributed by atoms with van der Waals surface area (Å²) in [7, 11) is -3.93. The zero-order valence-corrected chi connectivity index (χ0v) is 34.3. The summed E-state index contributed by atoms with van der Waals surface area (Å²) >= 11 is 0. The molecular weight excluding hydrogens is 845 g/mol. The van der Waals surface area contributed by atoms with Gasteiger partial charge >= 0.3 is 0 Å². The number of amides is 6. The Balaban J connectivity index is 0.882. The molecule has 2 aliphatic heterocycles. The molecule has 1 saturated heterocycles. The number of carbonyl (C=O) groups is 7. The average molecular weight is 884 g/mol. The van der Waals surface area contributed by atoms with Crippen LogP contribution in [0.15, 0.2) is 73.1 Å². The molecule has 3 aromatic carbocycles. The SMILES string of the molecule is CCCS(=O)(=O)Nc1ccc(F)c(C(=O)c2c[nH]c3ncc(-c4ccc(C(=O)NCCCCNC(=O)COc5cccc6c5C(=O)N(C5CCC(=O)NC5=O)C6=O)cc4)cc23)c1F. The summed E-state index contributed by atoms with van der Waals surface area (Å²) in [5.74, 6) is -7.38. The van der Waals surface area contributed by atoms with Gasteiger partial charge in [-0.3, -0.25) is 48.5 Å².